The van der Waals surface area contributed by atoms with Crippen molar-refractivity contribution in [2.45, 2.75) is 40.5 Å². The Morgan fingerprint density at radius 2 is 1.74 bits per heavy atom. The van der Waals surface area contributed by atoms with Crippen molar-refractivity contribution in [1.29, 1.82) is 0 Å². The van der Waals surface area contributed by atoms with Gasteiger partial charge < -0.3 is 15.1 Å². The molecule has 116 valence electrons. The largest absolute Gasteiger partial charge is 0.316 e. The first kappa shape index (κ1) is 18.9. The predicted octanol–water partition coefficient (Wildman–Crippen LogP) is 2.53. The number of hydrogen-bond donors (Lipinski definition) is 1. The molecular formula is C16H37N3. The average molecular weight is 271 g/mol. The molecule has 0 amide bonds. The van der Waals surface area contributed by atoms with E-state index < -0.39 is 0 Å². The molecule has 1 atom stereocenters. The second kappa shape index (κ2) is 9.73. The molecule has 1 N–H and O–H groups in total. The molecule has 3 heteroatoms. The van der Waals surface area contributed by atoms with Crippen LogP contribution < -0.4 is 5.32 Å². The number of rotatable bonds is 11. The second-order valence-corrected chi connectivity index (χ2v) is 7.13. The summed E-state index contributed by atoms with van der Waals surface area (Å²) in [6.45, 7) is 15.0. The number of nitrogens with zero attached hydrogens (tertiary/aromatic N) is 2. The molecule has 19 heavy (non-hydrogen) atoms. The summed E-state index contributed by atoms with van der Waals surface area (Å²) in [7, 11) is 6.53. The van der Waals surface area contributed by atoms with Gasteiger partial charge in [-0.2, -0.15) is 0 Å². The average Bonchev–Trinajstić information content (AvgIpc) is 2.25. The first-order valence-corrected chi connectivity index (χ1v) is 7.83. The van der Waals surface area contributed by atoms with Crippen molar-refractivity contribution in [1.82, 2.24) is 15.1 Å². The third-order valence-corrected chi connectivity index (χ3v) is 3.54. The van der Waals surface area contributed by atoms with Gasteiger partial charge in [0, 0.05) is 26.2 Å². The number of nitrogens with one attached hydrogen (secondary N) is 1. The molecule has 0 aliphatic rings. The van der Waals surface area contributed by atoms with Gasteiger partial charge >= 0.3 is 0 Å². The fourth-order valence-corrected chi connectivity index (χ4v) is 2.59. The number of likely N-dealkylation sites (N-methyl/N-ethyl adjacent to an activating group) is 2. The van der Waals surface area contributed by atoms with Gasteiger partial charge in [-0.1, -0.05) is 34.1 Å². The summed E-state index contributed by atoms with van der Waals surface area (Å²) < 4.78 is 0. The molecule has 0 heterocycles. The van der Waals surface area contributed by atoms with Gasteiger partial charge in [0.05, 0.1) is 0 Å². The van der Waals surface area contributed by atoms with E-state index >= 15 is 0 Å². The summed E-state index contributed by atoms with van der Waals surface area (Å²) >= 11 is 0. The van der Waals surface area contributed by atoms with Crippen LogP contribution in [0.1, 0.15) is 40.5 Å². The van der Waals surface area contributed by atoms with Crippen LogP contribution in [0.5, 0.6) is 0 Å². The zero-order valence-corrected chi connectivity index (χ0v) is 14.4. The maximum atomic E-state index is 3.64. The smallest absolute Gasteiger partial charge is 0.0106 e. The molecule has 0 fully saturated rings. The van der Waals surface area contributed by atoms with Crippen LogP contribution in [0.25, 0.3) is 0 Å². The standard InChI is InChI=1S/C16H37N3/c1-8-9-16(4,13-17-12-15(2)3)14-19(7)11-10-18(5)6/h15,17H,8-14H2,1-7H3. The van der Waals surface area contributed by atoms with Gasteiger partial charge in [-0.3, -0.25) is 0 Å². The van der Waals surface area contributed by atoms with Crippen LogP contribution in [0, 0.1) is 11.3 Å². The molecule has 0 aromatic carbocycles. The third kappa shape index (κ3) is 10.3. The molecule has 0 aliphatic heterocycles. The lowest BCUT2D eigenvalue weighted by atomic mass is 9.84. The molecule has 3 nitrogen and oxygen atoms in total. The molecular weight excluding hydrogens is 234 g/mol. The van der Waals surface area contributed by atoms with Crippen molar-refractivity contribution in [3.63, 3.8) is 0 Å². The van der Waals surface area contributed by atoms with E-state index in [0.717, 1.165) is 32.1 Å². The van der Waals surface area contributed by atoms with Crippen molar-refractivity contribution in [2.24, 2.45) is 11.3 Å². The van der Waals surface area contributed by atoms with Crippen LogP contribution in [0.4, 0.5) is 0 Å². The van der Waals surface area contributed by atoms with Crippen molar-refractivity contribution in [2.75, 3.05) is 53.9 Å². The van der Waals surface area contributed by atoms with E-state index in [9.17, 15) is 0 Å². The van der Waals surface area contributed by atoms with Crippen molar-refractivity contribution in [3.8, 4) is 0 Å². The second-order valence-electron chi connectivity index (χ2n) is 7.13. The Balaban J connectivity index is 4.19. The molecule has 0 bridgehead atoms. The fraction of sp³-hybridized carbons (Fsp3) is 1.00. The van der Waals surface area contributed by atoms with E-state index in [1.165, 1.54) is 19.4 Å². The monoisotopic (exact) mass is 271 g/mol. The highest BCUT2D eigenvalue weighted by molar-refractivity contribution is 4.80. The lowest BCUT2D eigenvalue weighted by Crippen LogP contribution is -2.43. The summed E-state index contributed by atoms with van der Waals surface area (Å²) in [5.41, 5.74) is 0.394. The maximum absolute atomic E-state index is 3.64. The van der Waals surface area contributed by atoms with Gasteiger partial charge in [-0.05, 0) is 45.4 Å². The molecule has 0 aromatic rings. The highest BCUT2D eigenvalue weighted by Gasteiger charge is 2.24. The van der Waals surface area contributed by atoms with E-state index in [1.54, 1.807) is 0 Å². The molecule has 0 aromatic heterocycles. The fourth-order valence-electron chi connectivity index (χ4n) is 2.59. The van der Waals surface area contributed by atoms with Gasteiger partial charge in [0.1, 0.15) is 0 Å². The van der Waals surface area contributed by atoms with Gasteiger partial charge in [-0.15, -0.1) is 0 Å². The van der Waals surface area contributed by atoms with Crippen LogP contribution >= 0.6 is 0 Å². The lowest BCUT2D eigenvalue weighted by Gasteiger charge is -2.35. The highest BCUT2D eigenvalue weighted by atomic mass is 15.2. The summed E-state index contributed by atoms with van der Waals surface area (Å²) in [5, 5.41) is 3.64. The Bertz CT molecular complexity index is 216. The normalized spacial score (nSPS) is 15.5. The first-order valence-electron chi connectivity index (χ1n) is 7.83. The zero-order chi connectivity index (χ0) is 14.9. The summed E-state index contributed by atoms with van der Waals surface area (Å²) in [4.78, 5) is 4.73. The van der Waals surface area contributed by atoms with Gasteiger partial charge in [-0.25, -0.2) is 0 Å². The Labute approximate surface area is 121 Å². The predicted molar refractivity (Wildman–Crippen MR) is 86.8 cm³/mol. The Morgan fingerprint density at radius 3 is 2.21 bits per heavy atom. The Hall–Kier alpha value is -0.120. The van der Waals surface area contributed by atoms with Gasteiger partial charge in [0.2, 0.25) is 0 Å². The molecule has 0 aliphatic carbocycles. The number of hydrogen-bond acceptors (Lipinski definition) is 3. The molecule has 0 radical (unpaired) electrons. The highest BCUT2D eigenvalue weighted by Crippen LogP contribution is 2.23. The van der Waals surface area contributed by atoms with E-state index in [1.807, 2.05) is 0 Å². The zero-order valence-electron chi connectivity index (χ0n) is 14.4. The van der Waals surface area contributed by atoms with E-state index in [-0.39, 0.29) is 0 Å². The van der Waals surface area contributed by atoms with E-state index in [4.69, 9.17) is 0 Å². The summed E-state index contributed by atoms with van der Waals surface area (Å²) in [6, 6.07) is 0. The quantitative estimate of drug-likeness (QED) is 0.623. The van der Waals surface area contributed by atoms with Crippen LogP contribution in [-0.4, -0.2) is 63.7 Å². The van der Waals surface area contributed by atoms with E-state index in [0.29, 0.717) is 5.41 Å². The van der Waals surface area contributed by atoms with Crippen molar-refractivity contribution < 1.29 is 0 Å². The Kier molecular flexibility index (Phi) is 9.67. The summed E-state index contributed by atoms with van der Waals surface area (Å²) in [5.74, 6) is 0.734. The minimum Gasteiger partial charge on any atom is -0.316 e. The topological polar surface area (TPSA) is 18.5 Å². The van der Waals surface area contributed by atoms with E-state index in [2.05, 4.69) is 64.0 Å². The van der Waals surface area contributed by atoms with Crippen LogP contribution in [0.15, 0.2) is 0 Å². The molecule has 0 saturated heterocycles. The third-order valence-electron chi connectivity index (χ3n) is 3.54. The minimum absolute atomic E-state index is 0.394. The van der Waals surface area contributed by atoms with Crippen LogP contribution in [0.2, 0.25) is 0 Å². The molecule has 0 saturated carbocycles. The first-order chi connectivity index (χ1) is 8.79. The minimum atomic E-state index is 0.394. The maximum Gasteiger partial charge on any atom is 0.0106 e. The molecule has 1 unspecified atom stereocenters. The van der Waals surface area contributed by atoms with Crippen molar-refractivity contribution >= 4 is 0 Å². The Morgan fingerprint density at radius 1 is 1.11 bits per heavy atom. The lowest BCUT2D eigenvalue weighted by molar-refractivity contribution is 0.163. The van der Waals surface area contributed by atoms with Gasteiger partial charge in [0.15, 0.2) is 0 Å². The van der Waals surface area contributed by atoms with Crippen molar-refractivity contribution in [3.05, 3.63) is 0 Å². The SMILES string of the molecule is CCCC(C)(CNCC(C)C)CN(C)CCN(C)C. The van der Waals surface area contributed by atoms with Crippen LogP contribution in [-0.2, 0) is 0 Å². The van der Waals surface area contributed by atoms with Gasteiger partial charge in [0.25, 0.3) is 0 Å². The van der Waals surface area contributed by atoms with Crippen LogP contribution in [0.3, 0.4) is 0 Å². The molecule has 0 spiro atoms. The summed E-state index contributed by atoms with van der Waals surface area (Å²) in [6.07, 6.45) is 2.56. The molecule has 0 rings (SSSR count).